The van der Waals surface area contributed by atoms with Gasteiger partial charge in [0.1, 0.15) is 0 Å². The third kappa shape index (κ3) is 4.47. The molecule has 0 aliphatic rings. The summed E-state index contributed by atoms with van der Waals surface area (Å²) >= 11 is 0. The molecule has 0 saturated carbocycles. The van der Waals surface area contributed by atoms with Crippen LogP contribution in [0.15, 0.2) is 24.3 Å². The molecular weight excluding hydrogens is 228 g/mol. The van der Waals surface area contributed by atoms with Crippen LogP contribution in [0.3, 0.4) is 0 Å². The number of carbonyl (C=O) groups excluding carboxylic acids is 1. The lowest BCUT2D eigenvalue weighted by Crippen LogP contribution is -2.31. The lowest BCUT2D eigenvalue weighted by Gasteiger charge is -2.21. The molecular formula is C14H22N2O2. The van der Waals surface area contributed by atoms with E-state index < -0.39 is 0 Å². The number of nitrogens with one attached hydrogen (secondary N) is 2. The second kappa shape index (κ2) is 6.52. The molecule has 0 spiro atoms. The van der Waals surface area contributed by atoms with Gasteiger partial charge in [-0.3, -0.25) is 4.79 Å². The second-order valence-corrected chi connectivity index (χ2v) is 5.20. The van der Waals surface area contributed by atoms with Crippen LogP contribution in [0.25, 0.3) is 0 Å². The molecule has 0 bridgehead atoms. The van der Waals surface area contributed by atoms with Crippen LogP contribution in [-0.4, -0.2) is 31.2 Å². The van der Waals surface area contributed by atoms with Crippen molar-refractivity contribution < 1.29 is 9.90 Å². The molecule has 1 amide bonds. The lowest BCUT2D eigenvalue weighted by atomic mass is 9.95. The lowest BCUT2D eigenvalue weighted by molar-refractivity contribution is 0.0963. The predicted molar refractivity (Wildman–Crippen MR) is 72.4 cm³/mol. The molecule has 0 aliphatic carbocycles. The summed E-state index contributed by atoms with van der Waals surface area (Å²) in [7, 11) is 1.62. The van der Waals surface area contributed by atoms with Gasteiger partial charge in [0, 0.05) is 37.7 Å². The highest BCUT2D eigenvalue weighted by atomic mass is 16.3. The highest BCUT2D eigenvalue weighted by Gasteiger charge is 2.15. The Morgan fingerprint density at radius 1 is 1.28 bits per heavy atom. The van der Waals surface area contributed by atoms with Gasteiger partial charge in [-0.1, -0.05) is 26.0 Å². The number of benzene rings is 1. The Labute approximate surface area is 108 Å². The molecule has 100 valence electrons. The first-order valence-electron chi connectivity index (χ1n) is 6.11. The average molecular weight is 250 g/mol. The SMILES string of the molecule is CNC(=O)c1ccc(CNCC(C)(C)CO)cc1. The van der Waals surface area contributed by atoms with Crippen LogP contribution in [-0.2, 0) is 6.54 Å². The standard InChI is InChI=1S/C14H22N2O2/c1-14(2,10-17)9-16-8-11-4-6-12(7-5-11)13(18)15-3/h4-7,16-17H,8-10H2,1-3H3,(H,15,18). The van der Waals surface area contributed by atoms with Crippen molar-refractivity contribution in [1.82, 2.24) is 10.6 Å². The Kier molecular flexibility index (Phi) is 5.31. The fourth-order valence-electron chi connectivity index (χ4n) is 1.52. The number of hydrogen-bond donors (Lipinski definition) is 3. The molecule has 1 aromatic rings. The highest BCUT2D eigenvalue weighted by Crippen LogP contribution is 2.12. The van der Waals surface area contributed by atoms with Crippen molar-refractivity contribution in [3.05, 3.63) is 35.4 Å². The fraction of sp³-hybridized carbons (Fsp3) is 0.500. The van der Waals surface area contributed by atoms with Crippen LogP contribution in [0, 0.1) is 5.41 Å². The Hall–Kier alpha value is -1.39. The zero-order valence-corrected chi connectivity index (χ0v) is 11.3. The van der Waals surface area contributed by atoms with Crippen LogP contribution in [0.4, 0.5) is 0 Å². The molecule has 3 N–H and O–H groups in total. The van der Waals surface area contributed by atoms with Crippen molar-refractivity contribution in [3.8, 4) is 0 Å². The summed E-state index contributed by atoms with van der Waals surface area (Å²) in [5.41, 5.74) is 1.68. The van der Waals surface area contributed by atoms with E-state index in [1.807, 2.05) is 38.1 Å². The van der Waals surface area contributed by atoms with Crippen LogP contribution in [0.5, 0.6) is 0 Å². The summed E-state index contributed by atoms with van der Waals surface area (Å²) in [6, 6.07) is 7.49. The minimum Gasteiger partial charge on any atom is -0.396 e. The minimum atomic E-state index is -0.109. The molecule has 4 heteroatoms. The average Bonchev–Trinajstić information content (AvgIpc) is 2.38. The molecule has 0 radical (unpaired) electrons. The third-order valence-electron chi connectivity index (χ3n) is 2.80. The van der Waals surface area contributed by atoms with Crippen molar-refractivity contribution in [2.75, 3.05) is 20.2 Å². The quantitative estimate of drug-likeness (QED) is 0.710. The van der Waals surface area contributed by atoms with Crippen molar-refractivity contribution in [2.24, 2.45) is 5.41 Å². The number of aliphatic hydroxyl groups excluding tert-OH is 1. The number of aliphatic hydroxyl groups is 1. The molecule has 0 aromatic heterocycles. The maximum Gasteiger partial charge on any atom is 0.251 e. The molecule has 0 saturated heterocycles. The maximum absolute atomic E-state index is 11.4. The summed E-state index contributed by atoms with van der Waals surface area (Å²) in [5, 5.41) is 15.0. The summed E-state index contributed by atoms with van der Waals surface area (Å²) in [4.78, 5) is 11.4. The van der Waals surface area contributed by atoms with E-state index in [2.05, 4.69) is 10.6 Å². The Bertz CT molecular complexity index is 385. The van der Waals surface area contributed by atoms with Gasteiger partial charge in [0.2, 0.25) is 0 Å². The topological polar surface area (TPSA) is 61.4 Å². The molecule has 1 rings (SSSR count). The third-order valence-corrected chi connectivity index (χ3v) is 2.80. The largest absolute Gasteiger partial charge is 0.396 e. The molecule has 0 unspecified atom stereocenters. The first-order chi connectivity index (χ1) is 8.48. The van der Waals surface area contributed by atoms with Gasteiger partial charge in [-0.2, -0.15) is 0 Å². The minimum absolute atomic E-state index is 0.0732. The molecule has 0 fully saturated rings. The van der Waals surface area contributed by atoms with Gasteiger partial charge in [0.25, 0.3) is 5.91 Å². The molecule has 4 nitrogen and oxygen atoms in total. The number of rotatable bonds is 6. The Morgan fingerprint density at radius 2 is 1.89 bits per heavy atom. The van der Waals surface area contributed by atoms with Gasteiger partial charge in [-0.05, 0) is 17.7 Å². The van der Waals surface area contributed by atoms with Gasteiger partial charge in [0.05, 0.1) is 0 Å². The van der Waals surface area contributed by atoms with Crippen LogP contribution >= 0.6 is 0 Å². The van der Waals surface area contributed by atoms with E-state index in [0.717, 1.165) is 18.7 Å². The van der Waals surface area contributed by atoms with E-state index in [9.17, 15) is 4.79 Å². The van der Waals surface area contributed by atoms with Gasteiger partial charge >= 0.3 is 0 Å². The van der Waals surface area contributed by atoms with E-state index in [4.69, 9.17) is 5.11 Å². The molecule has 1 aromatic carbocycles. The predicted octanol–water partition coefficient (Wildman–Crippen LogP) is 1.15. The smallest absolute Gasteiger partial charge is 0.251 e. The fourth-order valence-corrected chi connectivity index (χ4v) is 1.52. The van der Waals surface area contributed by atoms with Gasteiger partial charge < -0.3 is 15.7 Å². The highest BCUT2D eigenvalue weighted by molar-refractivity contribution is 5.93. The number of amides is 1. The number of hydrogen-bond acceptors (Lipinski definition) is 3. The summed E-state index contributed by atoms with van der Waals surface area (Å²) < 4.78 is 0. The second-order valence-electron chi connectivity index (χ2n) is 5.20. The molecule has 18 heavy (non-hydrogen) atoms. The van der Waals surface area contributed by atoms with Crippen molar-refractivity contribution >= 4 is 5.91 Å². The summed E-state index contributed by atoms with van der Waals surface area (Å²) in [5.74, 6) is -0.0732. The van der Waals surface area contributed by atoms with E-state index in [1.54, 1.807) is 7.05 Å². The number of carbonyl (C=O) groups is 1. The Balaban J connectivity index is 2.47. The first kappa shape index (κ1) is 14.7. The van der Waals surface area contributed by atoms with E-state index in [0.29, 0.717) is 5.56 Å². The van der Waals surface area contributed by atoms with Crippen molar-refractivity contribution in [3.63, 3.8) is 0 Å². The van der Waals surface area contributed by atoms with E-state index >= 15 is 0 Å². The first-order valence-corrected chi connectivity index (χ1v) is 6.11. The van der Waals surface area contributed by atoms with Crippen LogP contribution < -0.4 is 10.6 Å². The summed E-state index contributed by atoms with van der Waals surface area (Å²) in [6.45, 7) is 5.66. The zero-order chi connectivity index (χ0) is 13.6. The zero-order valence-electron chi connectivity index (χ0n) is 11.3. The summed E-state index contributed by atoms with van der Waals surface area (Å²) in [6.07, 6.45) is 0. The molecule has 0 atom stereocenters. The van der Waals surface area contributed by atoms with Gasteiger partial charge in [-0.25, -0.2) is 0 Å². The molecule has 0 heterocycles. The van der Waals surface area contributed by atoms with Gasteiger partial charge in [0.15, 0.2) is 0 Å². The molecule has 0 aliphatic heterocycles. The van der Waals surface area contributed by atoms with Crippen molar-refractivity contribution in [2.45, 2.75) is 20.4 Å². The van der Waals surface area contributed by atoms with Crippen LogP contribution in [0.2, 0.25) is 0 Å². The monoisotopic (exact) mass is 250 g/mol. The van der Waals surface area contributed by atoms with Crippen LogP contribution in [0.1, 0.15) is 29.8 Å². The Morgan fingerprint density at radius 3 is 2.39 bits per heavy atom. The van der Waals surface area contributed by atoms with E-state index in [1.165, 1.54) is 0 Å². The normalized spacial score (nSPS) is 11.3. The van der Waals surface area contributed by atoms with Crippen molar-refractivity contribution in [1.29, 1.82) is 0 Å². The maximum atomic E-state index is 11.4. The van der Waals surface area contributed by atoms with Gasteiger partial charge in [-0.15, -0.1) is 0 Å². The van der Waals surface area contributed by atoms with E-state index in [-0.39, 0.29) is 17.9 Å².